The van der Waals surface area contributed by atoms with Crippen molar-refractivity contribution in [2.75, 3.05) is 12.4 Å². The molecular formula is C16H17F2NO. The molecule has 2 rings (SSSR count). The second-order valence-corrected chi connectivity index (χ2v) is 4.70. The van der Waals surface area contributed by atoms with Gasteiger partial charge in [0.1, 0.15) is 11.6 Å². The Bertz CT molecular complexity index is 566. The Kier molecular flexibility index (Phi) is 4.69. The standard InChI is InChI=1S/C16H17F2NO/c1-11(13-7-14(17)9-15(18)8-13)19-16-5-3-4-12(6-16)10-20-2/h3-9,11,19H,10H2,1-2H3. The van der Waals surface area contributed by atoms with Crippen molar-refractivity contribution in [1.82, 2.24) is 0 Å². The third-order valence-electron chi connectivity index (χ3n) is 3.01. The van der Waals surface area contributed by atoms with Crippen LogP contribution in [0.25, 0.3) is 0 Å². The number of methoxy groups -OCH3 is 1. The van der Waals surface area contributed by atoms with E-state index in [1.807, 2.05) is 31.2 Å². The molecule has 2 aromatic carbocycles. The molecule has 0 heterocycles. The fraction of sp³-hybridized carbons (Fsp3) is 0.250. The molecule has 0 fully saturated rings. The maximum atomic E-state index is 13.2. The summed E-state index contributed by atoms with van der Waals surface area (Å²) in [5, 5.41) is 3.22. The lowest BCUT2D eigenvalue weighted by Gasteiger charge is -2.16. The van der Waals surface area contributed by atoms with E-state index in [2.05, 4.69) is 5.32 Å². The summed E-state index contributed by atoms with van der Waals surface area (Å²) < 4.78 is 31.5. The van der Waals surface area contributed by atoms with Gasteiger partial charge in [0.05, 0.1) is 6.61 Å². The van der Waals surface area contributed by atoms with Crippen LogP contribution in [-0.2, 0) is 11.3 Å². The van der Waals surface area contributed by atoms with Crippen LogP contribution < -0.4 is 5.32 Å². The number of ether oxygens (including phenoxy) is 1. The molecule has 0 aliphatic heterocycles. The van der Waals surface area contributed by atoms with E-state index in [4.69, 9.17) is 4.74 Å². The zero-order chi connectivity index (χ0) is 14.5. The molecule has 0 saturated heterocycles. The van der Waals surface area contributed by atoms with Crippen LogP contribution in [0.5, 0.6) is 0 Å². The highest BCUT2D eigenvalue weighted by atomic mass is 19.1. The van der Waals surface area contributed by atoms with Crippen molar-refractivity contribution in [2.24, 2.45) is 0 Å². The lowest BCUT2D eigenvalue weighted by atomic mass is 10.1. The molecular weight excluding hydrogens is 260 g/mol. The van der Waals surface area contributed by atoms with Crippen LogP contribution >= 0.6 is 0 Å². The van der Waals surface area contributed by atoms with E-state index >= 15 is 0 Å². The van der Waals surface area contributed by atoms with Crippen LogP contribution in [0.3, 0.4) is 0 Å². The third kappa shape index (κ3) is 3.78. The predicted molar refractivity (Wildman–Crippen MR) is 75.6 cm³/mol. The second kappa shape index (κ2) is 6.48. The molecule has 20 heavy (non-hydrogen) atoms. The summed E-state index contributed by atoms with van der Waals surface area (Å²) in [6.07, 6.45) is 0. The monoisotopic (exact) mass is 277 g/mol. The number of anilines is 1. The van der Waals surface area contributed by atoms with Gasteiger partial charge >= 0.3 is 0 Å². The maximum Gasteiger partial charge on any atom is 0.126 e. The van der Waals surface area contributed by atoms with E-state index < -0.39 is 11.6 Å². The molecule has 0 bridgehead atoms. The first-order valence-corrected chi connectivity index (χ1v) is 6.39. The quantitative estimate of drug-likeness (QED) is 0.880. The lowest BCUT2D eigenvalue weighted by molar-refractivity contribution is 0.185. The normalized spacial score (nSPS) is 12.2. The van der Waals surface area contributed by atoms with Gasteiger partial charge < -0.3 is 10.1 Å². The molecule has 0 spiro atoms. The van der Waals surface area contributed by atoms with Gasteiger partial charge in [-0.2, -0.15) is 0 Å². The topological polar surface area (TPSA) is 21.3 Å². The molecule has 0 aliphatic carbocycles. The Labute approximate surface area is 117 Å². The van der Waals surface area contributed by atoms with Crippen molar-refractivity contribution in [3.05, 3.63) is 65.2 Å². The van der Waals surface area contributed by atoms with E-state index in [1.165, 1.54) is 12.1 Å². The van der Waals surface area contributed by atoms with Gasteiger partial charge in [0, 0.05) is 24.9 Å². The number of rotatable bonds is 5. The van der Waals surface area contributed by atoms with E-state index in [1.54, 1.807) is 7.11 Å². The molecule has 0 saturated carbocycles. The summed E-state index contributed by atoms with van der Waals surface area (Å²) in [5.41, 5.74) is 2.49. The van der Waals surface area contributed by atoms with Crippen molar-refractivity contribution in [1.29, 1.82) is 0 Å². The highest BCUT2D eigenvalue weighted by Crippen LogP contribution is 2.21. The van der Waals surface area contributed by atoms with Gasteiger partial charge in [0.2, 0.25) is 0 Å². The maximum absolute atomic E-state index is 13.2. The number of halogens is 2. The molecule has 4 heteroatoms. The van der Waals surface area contributed by atoms with Crippen LogP contribution in [-0.4, -0.2) is 7.11 Å². The molecule has 1 N–H and O–H groups in total. The average Bonchev–Trinajstić information content (AvgIpc) is 2.38. The van der Waals surface area contributed by atoms with Crippen molar-refractivity contribution in [3.63, 3.8) is 0 Å². The minimum absolute atomic E-state index is 0.196. The van der Waals surface area contributed by atoms with Gasteiger partial charge in [-0.25, -0.2) is 8.78 Å². The fourth-order valence-corrected chi connectivity index (χ4v) is 2.08. The predicted octanol–water partition coefficient (Wildman–Crippen LogP) is 4.28. The van der Waals surface area contributed by atoms with Gasteiger partial charge in [-0.15, -0.1) is 0 Å². The van der Waals surface area contributed by atoms with Crippen LogP contribution in [0.15, 0.2) is 42.5 Å². The second-order valence-electron chi connectivity index (χ2n) is 4.70. The summed E-state index contributed by atoms with van der Waals surface area (Å²) in [6.45, 7) is 2.38. The van der Waals surface area contributed by atoms with Crippen molar-refractivity contribution < 1.29 is 13.5 Å². The molecule has 0 amide bonds. The number of benzene rings is 2. The van der Waals surface area contributed by atoms with E-state index in [-0.39, 0.29) is 6.04 Å². The zero-order valence-corrected chi connectivity index (χ0v) is 11.5. The first-order chi connectivity index (χ1) is 9.58. The summed E-state index contributed by atoms with van der Waals surface area (Å²) in [7, 11) is 1.64. The van der Waals surface area contributed by atoms with Crippen LogP contribution in [0.2, 0.25) is 0 Å². The minimum atomic E-state index is -0.568. The summed E-state index contributed by atoms with van der Waals surface area (Å²) >= 11 is 0. The Hall–Kier alpha value is -1.94. The Morgan fingerprint density at radius 2 is 1.80 bits per heavy atom. The summed E-state index contributed by atoms with van der Waals surface area (Å²) in [4.78, 5) is 0. The molecule has 0 aromatic heterocycles. The van der Waals surface area contributed by atoms with E-state index in [0.717, 1.165) is 17.3 Å². The SMILES string of the molecule is COCc1cccc(NC(C)c2cc(F)cc(F)c2)c1. The molecule has 0 radical (unpaired) electrons. The van der Waals surface area contributed by atoms with Crippen molar-refractivity contribution in [2.45, 2.75) is 19.6 Å². The van der Waals surface area contributed by atoms with Crippen LogP contribution in [0, 0.1) is 11.6 Å². The Morgan fingerprint density at radius 3 is 2.45 bits per heavy atom. The molecule has 0 aliphatic rings. The highest BCUT2D eigenvalue weighted by molar-refractivity contribution is 5.47. The third-order valence-corrected chi connectivity index (χ3v) is 3.01. The molecule has 1 atom stereocenters. The van der Waals surface area contributed by atoms with E-state index in [9.17, 15) is 8.78 Å². The van der Waals surface area contributed by atoms with Gasteiger partial charge in [-0.05, 0) is 42.3 Å². The fourth-order valence-electron chi connectivity index (χ4n) is 2.08. The van der Waals surface area contributed by atoms with E-state index in [0.29, 0.717) is 12.2 Å². The number of hydrogen-bond acceptors (Lipinski definition) is 2. The number of hydrogen-bond donors (Lipinski definition) is 1. The van der Waals surface area contributed by atoms with Gasteiger partial charge in [0.15, 0.2) is 0 Å². The van der Waals surface area contributed by atoms with Crippen LogP contribution in [0.4, 0.5) is 14.5 Å². The van der Waals surface area contributed by atoms with Gasteiger partial charge in [-0.3, -0.25) is 0 Å². The molecule has 1 unspecified atom stereocenters. The summed E-state index contributed by atoms with van der Waals surface area (Å²) in [5.74, 6) is -1.14. The van der Waals surface area contributed by atoms with Crippen molar-refractivity contribution in [3.8, 4) is 0 Å². The lowest BCUT2D eigenvalue weighted by Crippen LogP contribution is -2.07. The molecule has 2 aromatic rings. The van der Waals surface area contributed by atoms with Gasteiger partial charge in [0.25, 0.3) is 0 Å². The van der Waals surface area contributed by atoms with Crippen molar-refractivity contribution >= 4 is 5.69 Å². The van der Waals surface area contributed by atoms with Crippen LogP contribution in [0.1, 0.15) is 24.1 Å². The largest absolute Gasteiger partial charge is 0.380 e. The Balaban J connectivity index is 2.14. The Morgan fingerprint density at radius 1 is 1.10 bits per heavy atom. The molecule has 106 valence electrons. The molecule has 2 nitrogen and oxygen atoms in total. The highest BCUT2D eigenvalue weighted by Gasteiger charge is 2.09. The zero-order valence-electron chi connectivity index (χ0n) is 11.5. The average molecular weight is 277 g/mol. The minimum Gasteiger partial charge on any atom is -0.380 e. The summed E-state index contributed by atoms with van der Waals surface area (Å²) in [6, 6.07) is 11.1. The first kappa shape index (κ1) is 14.5. The smallest absolute Gasteiger partial charge is 0.126 e. The first-order valence-electron chi connectivity index (χ1n) is 6.39. The van der Waals surface area contributed by atoms with Gasteiger partial charge in [-0.1, -0.05) is 12.1 Å². The number of nitrogens with one attached hydrogen (secondary N) is 1.